The lowest BCUT2D eigenvalue weighted by atomic mass is 10.2. The van der Waals surface area contributed by atoms with Crippen molar-refractivity contribution in [1.29, 1.82) is 0 Å². The highest BCUT2D eigenvalue weighted by atomic mass is 16.4. The Morgan fingerprint density at radius 1 is 1.37 bits per heavy atom. The Labute approximate surface area is 111 Å². The highest BCUT2D eigenvalue weighted by Gasteiger charge is 2.14. The van der Waals surface area contributed by atoms with Crippen LogP contribution in [0.3, 0.4) is 0 Å². The van der Waals surface area contributed by atoms with Gasteiger partial charge in [-0.05, 0) is 37.2 Å². The van der Waals surface area contributed by atoms with Crippen molar-refractivity contribution in [1.82, 2.24) is 9.88 Å². The number of carbonyl (C=O) groups is 1. The molecular formula is C14H16N2O3. The van der Waals surface area contributed by atoms with Crippen molar-refractivity contribution in [3.05, 3.63) is 53.7 Å². The zero-order valence-corrected chi connectivity index (χ0v) is 10.7. The van der Waals surface area contributed by atoms with Crippen molar-refractivity contribution in [2.45, 2.75) is 13.0 Å². The molecule has 0 radical (unpaired) electrons. The van der Waals surface area contributed by atoms with Crippen LogP contribution in [-0.2, 0) is 13.0 Å². The predicted molar refractivity (Wildman–Crippen MR) is 69.9 cm³/mol. The zero-order valence-electron chi connectivity index (χ0n) is 10.7. The molecule has 0 fully saturated rings. The van der Waals surface area contributed by atoms with Crippen LogP contribution in [-0.4, -0.2) is 34.6 Å². The quantitative estimate of drug-likeness (QED) is 0.861. The molecule has 1 N–H and O–H groups in total. The van der Waals surface area contributed by atoms with Gasteiger partial charge in [0, 0.05) is 31.0 Å². The standard InChI is InChI=1S/C14H16N2O3/c1-16(8-4-11-2-6-15-7-3-11)10-12-5-9-19-13(12)14(17)18/h2-3,5-7,9H,4,8,10H2,1H3,(H,17,18). The van der Waals surface area contributed by atoms with E-state index in [1.54, 1.807) is 18.5 Å². The molecule has 0 aliphatic rings. The van der Waals surface area contributed by atoms with E-state index in [-0.39, 0.29) is 5.76 Å². The van der Waals surface area contributed by atoms with Gasteiger partial charge in [0.15, 0.2) is 0 Å². The number of carboxylic acids is 1. The molecule has 2 heterocycles. The molecule has 2 rings (SSSR count). The van der Waals surface area contributed by atoms with Crippen LogP contribution in [0.25, 0.3) is 0 Å². The molecule has 0 saturated heterocycles. The summed E-state index contributed by atoms with van der Waals surface area (Å²) in [5.41, 5.74) is 1.91. The zero-order chi connectivity index (χ0) is 13.7. The first-order chi connectivity index (χ1) is 9.16. The van der Waals surface area contributed by atoms with Crippen molar-refractivity contribution < 1.29 is 14.3 Å². The summed E-state index contributed by atoms with van der Waals surface area (Å²) in [7, 11) is 1.96. The molecule has 5 nitrogen and oxygen atoms in total. The second-order valence-corrected chi connectivity index (χ2v) is 4.42. The summed E-state index contributed by atoms with van der Waals surface area (Å²) >= 11 is 0. The fourth-order valence-corrected chi connectivity index (χ4v) is 1.89. The molecule has 0 bridgehead atoms. The highest BCUT2D eigenvalue weighted by Crippen LogP contribution is 2.13. The highest BCUT2D eigenvalue weighted by molar-refractivity contribution is 5.86. The number of hydrogen-bond donors (Lipinski definition) is 1. The Kier molecular flexibility index (Phi) is 4.30. The molecule has 2 aromatic rings. The molecule has 100 valence electrons. The lowest BCUT2D eigenvalue weighted by Gasteiger charge is -2.15. The number of pyridine rings is 1. The molecule has 0 atom stereocenters. The van der Waals surface area contributed by atoms with Crippen LogP contribution in [0.15, 0.2) is 41.3 Å². The van der Waals surface area contributed by atoms with E-state index in [2.05, 4.69) is 9.88 Å². The van der Waals surface area contributed by atoms with Gasteiger partial charge in [0.2, 0.25) is 5.76 Å². The van der Waals surface area contributed by atoms with E-state index in [0.29, 0.717) is 12.1 Å². The number of hydrogen-bond acceptors (Lipinski definition) is 4. The number of aromatic carboxylic acids is 1. The van der Waals surface area contributed by atoms with Gasteiger partial charge in [0.25, 0.3) is 0 Å². The van der Waals surface area contributed by atoms with E-state index < -0.39 is 5.97 Å². The van der Waals surface area contributed by atoms with Crippen LogP contribution in [0.1, 0.15) is 21.7 Å². The minimum absolute atomic E-state index is 0.0239. The van der Waals surface area contributed by atoms with Gasteiger partial charge in [0.05, 0.1) is 6.26 Å². The first-order valence-corrected chi connectivity index (χ1v) is 6.04. The van der Waals surface area contributed by atoms with E-state index in [9.17, 15) is 4.79 Å². The summed E-state index contributed by atoms with van der Waals surface area (Å²) in [6.07, 6.45) is 5.86. The van der Waals surface area contributed by atoms with Gasteiger partial charge >= 0.3 is 5.97 Å². The van der Waals surface area contributed by atoms with Crippen LogP contribution in [0.4, 0.5) is 0 Å². The lowest BCUT2D eigenvalue weighted by molar-refractivity contribution is 0.0659. The minimum atomic E-state index is -1.03. The second kappa shape index (κ2) is 6.15. The summed E-state index contributed by atoms with van der Waals surface area (Å²) in [5.74, 6) is -1.00. The Balaban J connectivity index is 1.89. The van der Waals surface area contributed by atoms with Gasteiger partial charge in [-0.25, -0.2) is 4.79 Å². The van der Waals surface area contributed by atoms with E-state index in [1.165, 1.54) is 11.8 Å². The normalized spacial score (nSPS) is 10.8. The maximum atomic E-state index is 10.9. The average Bonchev–Trinajstić information content (AvgIpc) is 2.86. The molecule has 19 heavy (non-hydrogen) atoms. The third-order valence-electron chi connectivity index (χ3n) is 2.91. The topological polar surface area (TPSA) is 66.6 Å². The van der Waals surface area contributed by atoms with Crippen LogP contribution in [0.2, 0.25) is 0 Å². The summed E-state index contributed by atoms with van der Waals surface area (Å²) < 4.78 is 4.96. The molecule has 0 amide bonds. The summed E-state index contributed by atoms with van der Waals surface area (Å²) in [6, 6.07) is 5.66. The summed E-state index contributed by atoms with van der Waals surface area (Å²) in [5, 5.41) is 8.96. The molecule has 5 heteroatoms. The Morgan fingerprint density at radius 2 is 2.11 bits per heavy atom. The fraction of sp³-hybridized carbons (Fsp3) is 0.286. The summed E-state index contributed by atoms with van der Waals surface area (Å²) in [4.78, 5) is 17.0. The SMILES string of the molecule is CN(CCc1ccncc1)Cc1ccoc1C(=O)O. The third-order valence-corrected chi connectivity index (χ3v) is 2.91. The van der Waals surface area contributed by atoms with Crippen molar-refractivity contribution in [3.63, 3.8) is 0 Å². The molecule has 0 aliphatic carbocycles. The average molecular weight is 260 g/mol. The van der Waals surface area contributed by atoms with Crippen LogP contribution < -0.4 is 0 Å². The lowest BCUT2D eigenvalue weighted by Crippen LogP contribution is -2.21. The fourth-order valence-electron chi connectivity index (χ4n) is 1.89. The van der Waals surface area contributed by atoms with Crippen molar-refractivity contribution in [2.24, 2.45) is 0 Å². The predicted octanol–water partition coefficient (Wildman–Crippen LogP) is 2.05. The van der Waals surface area contributed by atoms with Gasteiger partial charge in [-0.15, -0.1) is 0 Å². The number of furan rings is 1. The smallest absolute Gasteiger partial charge is 0.372 e. The second-order valence-electron chi connectivity index (χ2n) is 4.42. The van der Waals surface area contributed by atoms with Crippen molar-refractivity contribution in [2.75, 3.05) is 13.6 Å². The molecule has 0 aromatic carbocycles. The van der Waals surface area contributed by atoms with E-state index in [1.807, 2.05) is 19.2 Å². The molecule has 0 saturated carbocycles. The maximum absolute atomic E-state index is 10.9. The Morgan fingerprint density at radius 3 is 2.79 bits per heavy atom. The van der Waals surface area contributed by atoms with Gasteiger partial charge in [0.1, 0.15) is 0 Å². The van der Waals surface area contributed by atoms with Gasteiger partial charge in [-0.1, -0.05) is 0 Å². The Hall–Kier alpha value is -2.14. The van der Waals surface area contributed by atoms with E-state index >= 15 is 0 Å². The largest absolute Gasteiger partial charge is 0.475 e. The van der Waals surface area contributed by atoms with E-state index in [0.717, 1.165) is 13.0 Å². The number of rotatable bonds is 6. The molecule has 0 unspecified atom stereocenters. The molecule has 2 aromatic heterocycles. The van der Waals surface area contributed by atoms with Gasteiger partial charge in [-0.2, -0.15) is 0 Å². The number of nitrogens with zero attached hydrogens (tertiary/aromatic N) is 2. The third kappa shape index (κ3) is 3.66. The maximum Gasteiger partial charge on any atom is 0.372 e. The van der Waals surface area contributed by atoms with E-state index in [4.69, 9.17) is 9.52 Å². The minimum Gasteiger partial charge on any atom is -0.475 e. The van der Waals surface area contributed by atoms with Crippen molar-refractivity contribution in [3.8, 4) is 0 Å². The molecular weight excluding hydrogens is 244 g/mol. The molecule has 0 aliphatic heterocycles. The van der Waals surface area contributed by atoms with Crippen LogP contribution >= 0.6 is 0 Å². The number of aromatic nitrogens is 1. The monoisotopic (exact) mass is 260 g/mol. The van der Waals surface area contributed by atoms with Crippen molar-refractivity contribution >= 4 is 5.97 Å². The van der Waals surface area contributed by atoms with Gasteiger partial charge < -0.3 is 14.4 Å². The summed E-state index contributed by atoms with van der Waals surface area (Å²) in [6.45, 7) is 1.40. The van der Waals surface area contributed by atoms with Crippen LogP contribution in [0, 0.1) is 0 Å². The molecule has 0 spiro atoms. The van der Waals surface area contributed by atoms with Crippen LogP contribution in [0.5, 0.6) is 0 Å². The van der Waals surface area contributed by atoms with Gasteiger partial charge in [-0.3, -0.25) is 4.98 Å². The number of carboxylic acid groups (broad SMARTS) is 1. The Bertz CT molecular complexity index is 537. The first kappa shape index (κ1) is 13.3. The number of likely N-dealkylation sites (N-methyl/N-ethyl adjacent to an activating group) is 1. The first-order valence-electron chi connectivity index (χ1n) is 6.04.